The van der Waals surface area contributed by atoms with Crippen LogP contribution in [0.1, 0.15) is 16.7 Å². The molecule has 0 heterocycles. The molecule has 108 valence electrons. The minimum absolute atomic E-state index is 0.0839. The molecular formula is C15H10F4N2. The van der Waals surface area contributed by atoms with Crippen LogP contribution in [0.15, 0.2) is 36.4 Å². The van der Waals surface area contributed by atoms with Crippen LogP contribution in [-0.2, 0) is 6.18 Å². The van der Waals surface area contributed by atoms with Crippen LogP contribution in [0.5, 0.6) is 0 Å². The average molecular weight is 294 g/mol. The smallest absolute Gasteiger partial charge is 0.355 e. The summed E-state index contributed by atoms with van der Waals surface area (Å²) in [5.74, 6) is -0.639. The van der Waals surface area contributed by atoms with E-state index in [1.54, 1.807) is 6.07 Å². The molecule has 0 saturated carbocycles. The number of rotatable bonds is 2. The van der Waals surface area contributed by atoms with Crippen LogP contribution in [0.2, 0.25) is 0 Å². The molecule has 0 radical (unpaired) electrons. The molecule has 0 bridgehead atoms. The van der Waals surface area contributed by atoms with E-state index in [1.165, 1.54) is 25.1 Å². The number of anilines is 2. The van der Waals surface area contributed by atoms with Gasteiger partial charge in [-0.25, -0.2) is 4.39 Å². The van der Waals surface area contributed by atoms with Gasteiger partial charge in [0.05, 0.1) is 17.2 Å². The maximum absolute atomic E-state index is 13.3. The normalized spacial score (nSPS) is 11.0. The molecule has 0 fully saturated rings. The Morgan fingerprint density at radius 1 is 1.05 bits per heavy atom. The second-order valence-electron chi connectivity index (χ2n) is 4.49. The first-order valence-corrected chi connectivity index (χ1v) is 5.95. The van der Waals surface area contributed by atoms with Gasteiger partial charge in [0.25, 0.3) is 0 Å². The molecule has 0 aromatic heterocycles. The lowest BCUT2D eigenvalue weighted by Gasteiger charge is -2.13. The standard InChI is InChI=1S/C15H10F4N2/c1-9-2-3-12(7-14(9)15(17,18)19)21-13-5-10(8-20)4-11(16)6-13/h2-7,21H,1H3. The molecule has 21 heavy (non-hydrogen) atoms. The maximum Gasteiger partial charge on any atom is 0.416 e. The van der Waals surface area contributed by atoms with E-state index >= 15 is 0 Å². The first-order chi connectivity index (χ1) is 9.79. The van der Waals surface area contributed by atoms with Crippen LogP contribution in [-0.4, -0.2) is 0 Å². The van der Waals surface area contributed by atoms with Crippen LogP contribution in [0.25, 0.3) is 0 Å². The molecule has 0 atom stereocenters. The van der Waals surface area contributed by atoms with Crippen molar-refractivity contribution in [2.75, 3.05) is 5.32 Å². The highest BCUT2D eigenvalue weighted by Gasteiger charge is 2.32. The van der Waals surface area contributed by atoms with Gasteiger partial charge >= 0.3 is 6.18 Å². The van der Waals surface area contributed by atoms with Crippen LogP contribution in [0, 0.1) is 24.1 Å². The van der Waals surface area contributed by atoms with Gasteiger partial charge in [0.15, 0.2) is 0 Å². The largest absolute Gasteiger partial charge is 0.416 e. The second-order valence-corrected chi connectivity index (χ2v) is 4.49. The summed E-state index contributed by atoms with van der Waals surface area (Å²) in [6.45, 7) is 1.36. The molecule has 0 unspecified atom stereocenters. The predicted octanol–water partition coefficient (Wildman–Crippen LogP) is 4.77. The Hall–Kier alpha value is -2.55. The topological polar surface area (TPSA) is 35.8 Å². The number of aryl methyl sites for hydroxylation is 1. The number of nitrogens with zero attached hydrogens (tertiary/aromatic N) is 1. The van der Waals surface area contributed by atoms with Gasteiger partial charge < -0.3 is 5.32 Å². The van der Waals surface area contributed by atoms with Crippen molar-refractivity contribution in [2.45, 2.75) is 13.1 Å². The van der Waals surface area contributed by atoms with Crippen molar-refractivity contribution in [3.63, 3.8) is 0 Å². The molecular weight excluding hydrogens is 284 g/mol. The highest BCUT2D eigenvalue weighted by atomic mass is 19.4. The Labute approximate surface area is 118 Å². The van der Waals surface area contributed by atoms with Crippen molar-refractivity contribution in [3.8, 4) is 6.07 Å². The first-order valence-electron chi connectivity index (χ1n) is 5.95. The van der Waals surface area contributed by atoms with E-state index in [0.717, 1.165) is 18.2 Å². The summed E-state index contributed by atoms with van der Waals surface area (Å²) >= 11 is 0. The lowest BCUT2D eigenvalue weighted by atomic mass is 10.1. The first kappa shape index (κ1) is 14.9. The summed E-state index contributed by atoms with van der Waals surface area (Å²) in [7, 11) is 0. The molecule has 0 amide bonds. The van der Waals surface area contributed by atoms with E-state index in [9.17, 15) is 17.6 Å². The molecule has 1 N–H and O–H groups in total. The highest BCUT2D eigenvalue weighted by Crippen LogP contribution is 2.34. The van der Waals surface area contributed by atoms with E-state index in [0.29, 0.717) is 0 Å². The summed E-state index contributed by atoms with van der Waals surface area (Å²) in [4.78, 5) is 0. The third-order valence-electron chi connectivity index (χ3n) is 2.86. The van der Waals surface area contributed by atoms with Crippen LogP contribution >= 0.6 is 0 Å². The number of hydrogen-bond acceptors (Lipinski definition) is 2. The molecule has 2 aromatic carbocycles. The molecule has 2 rings (SSSR count). The Bertz CT molecular complexity index is 715. The van der Waals surface area contributed by atoms with Gasteiger partial charge in [-0.1, -0.05) is 6.07 Å². The molecule has 0 spiro atoms. The Morgan fingerprint density at radius 3 is 2.38 bits per heavy atom. The highest BCUT2D eigenvalue weighted by molar-refractivity contribution is 5.63. The summed E-state index contributed by atoms with van der Waals surface area (Å²) in [6, 6.07) is 9.02. The summed E-state index contributed by atoms with van der Waals surface area (Å²) < 4.78 is 51.7. The van der Waals surface area contributed by atoms with E-state index in [2.05, 4.69) is 5.32 Å². The number of halogens is 4. The second kappa shape index (κ2) is 5.44. The molecule has 6 heteroatoms. The number of alkyl halides is 3. The van der Waals surface area contributed by atoms with E-state index < -0.39 is 17.6 Å². The van der Waals surface area contributed by atoms with Gasteiger partial charge in [-0.05, 0) is 42.8 Å². The van der Waals surface area contributed by atoms with Gasteiger partial charge in [0, 0.05) is 11.4 Å². The van der Waals surface area contributed by atoms with Crippen LogP contribution in [0.3, 0.4) is 0 Å². The van der Waals surface area contributed by atoms with Gasteiger partial charge in [0.2, 0.25) is 0 Å². The summed E-state index contributed by atoms with van der Waals surface area (Å²) in [5.41, 5.74) is -0.194. The zero-order valence-corrected chi connectivity index (χ0v) is 10.9. The van der Waals surface area contributed by atoms with Crippen molar-refractivity contribution in [2.24, 2.45) is 0 Å². The molecule has 0 aliphatic heterocycles. The Morgan fingerprint density at radius 2 is 1.76 bits per heavy atom. The zero-order valence-electron chi connectivity index (χ0n) is 10.9. The minimum Gasteiger partial charge on any atom is -0.355 e. The maximum atomic E-state index is 13.3. The van der Waals surface area contributed by atoms with Gasteiger partial charge in [-0.3, -0.25) is 0 Å². The Balaban J connectivity index is 2.37. The van der Waals surface area contributed by atoms with Crippen molar-refractivity contribution in [3.05, 3.63) is 58.9 Å². The SMILES string of the molecule is Cc1ccc(Nc2cc(F)cc(C#N)c2)cc1C(F)(F)F. The third-order valence-corrected chi connectivity index (χ3v) is 2.86. The fourth-order valence-corrected chi connectivity index (χ4v) is 1.90. The lowest BCUT2D eigenvalue weighted by molar-refractivity contribution is -0.138. The van der Waals surface area contributed by atoms with Crippen molar-refractivity contribution < 1.29 is 17.6 Å². The Kier molecular flexibility index (Phi) is 3.85. The van der Waals surface area contributed by atoms with Crippen molar-refractivity contribution in [1.29, 1.82) is 5.26 Å². The van der Waals surface area contributed by atoms with Gasteiger partial charge in [-0.15, -0.1) is 0 Å². The number of nitriles is 1. The molecule has 2 nitrogen and oxygen atoms in total. The van der Waals surface area contributed by atoms with Crippen LogP contribution in [0.4, 0.5) is 28.9 Å². The van der Waals surface area contributed by atoms with Gasteiger partial charge in [-0.2, -0.15) is 18.4 Å². The van der Waals surface area contributed by atoms with Crippen molar-refractivity contribution in [1.82, 2.24) is 0 Å². The third kappa shape index (κ3) is 3.51. The lowest BCUT2D eigenvalue weighted by Crippen LogP contribution is -2.08. The molecule has 2 aromatic rings. The van der Waals surface area contributed by atoms with Gasteiger partial charge in [0.1, 0.15) is 5.82 Å². The number of benzene rings is 2. The summed E-state index contributed by atoms with van der Waals surface area (Å²) in [5, 5.41) is 11.4. The van der Waals surface area contributed by atoms with E-state index in [4.69, 9.17) is 5.26 Å². The monoisotopic (exact) mass is 294 g/mol. The number of nitrogens with one attached hydrogen (secondary N) is 1. The summed E-state index contributed by atoms with van der Waals surface area (Å²) in [6.07, 6.45) is -4.46. The minimum atomic E-state index is -4.46. The molecule has 0 aliphatic rings. The fourth-order valence-electron chi connectivity index (χ4n) is 1.90. The van der Waals surface area contributed by atoms with Crippen LogP contribution < -0.4 is 5.32 Å². The fraction of sp³-hybridized carbons (Fsp3) is 0.133. The van der Waals surface area contributed by atoms with Crippen molar-refractivity contribution >= 4 is 11.4 Å². The molecule has 0 aliphatic carbocycles. The average Bonchev–Trinajstić information content (AvgIpc) is 2.39. The number of hydrogen-bond donors (Lipinski definition) is 1. The predicted molar refractivity (Wildman–Crippen MR) is 70.6 cm³/mol. The van der Waals surface area contributed by atoms with E-state index in [1.807, 2.05) is 0 Å². The zero-order chi connectivity index (χ0) is 15.6. The molecule has 0 saturated heterocycles. The quantitative estimate of drug-likeness (QED) is 0.810. The van der Waals surface area contributed by atoms with E-state index in [-0.39, 0.29) is 22.5 Å².